The normalized spacial score (nSPS) is 18.7. The molecule has 1 fully saturated rings. The minimum absolute atomic E-state index is 0.261. The monoisotopic (exact) mass is 328 g/mol. The molecule has 0 radical (unpaired) electrons. The van der Waals surface area contributed by atoms with Crippen LogP contribution in [0.25, 0.3) is 11.1 Å². The number of rotatable bonds is 3. The second kappa shape index (κ2) is 5.90. The van der Waals surface area contributed by atoms with Crippen LogP contribution in [0, 0.1) is 5.82 Å². The highest BCUT2D eigenvalue weighted by Crippen LogP contribution is 2.37. The maximum atomic E-state index is 14.0. The van der Waals surface area contributed by atoms with Crippen molar-refractivity contribution in [1.82, 2.24) is 0 Å². The SMILES string of the molecule is COc1cc(-c2ccccc2F)ccc1B1OC(C)(C)C(C)(C)O1. The zero-order valence-corrected chi connectivity index (χ0v) is 14.7. The molecule has 1 aliphatic heterocycles. The highest BCUT2D eigenvalue weighted by Gasteiger charge is 2.52. The van der Waals surface area contributed by atoms with Crippen LogP contribution in [0.3, 0.4) is 0 Å². The molecule has 0 aliphatic carbocycles. The van der Waals surface area contributed by atoms with Crippen LogP contribution in [0.1, 0.15) is 27.7 Å². The summed E-state index contributed by atoms with van der Waals surface area (Å²) < 4.78 is 31.7. The van der Waals surface area contributed by atoms with E-state index in [4.69, 9.17) is 14.0 Å². The molecule has 24 heavy (non-hydrogen) atoms. The Morgan fingerprint density at radius 1 is 0.958 bits per heavy atom. The molecule has 2 aromatic carbocycles. The average molecular weight is 328 g/mol. The van der Waals surface area contributed by atoms with Crippen molar-refractivity contribution < 1.29 is 18.4 Å². The predicted molar refractivity (Wildman–Crippen MR) is 94.1 cm³/mol. The van der Waals surface area contributed by atoms with Crippen molar-refractivity contribution in [3.05, 3.63) is 48.3 Å². The summed E-state index contributed by atoms with van der Waals surface area (Å²) in [4.78, 5) is 0. The van der Waals surface area contributed by atoms with Gasteiger partial charge in [0.15, 0.2) is 0 Å². The summed E-state index contributed by atoms with van der Waals surface area (Å²) in [6, 6.07) is 12.2. The molecule has 0 amide bonds. The van der Waals surface area contributed by atoms with Crippen molar-refractivity contribution in [3.63, 3.8) is 0 Å². The summed E-state index contributed by atoms with van der Waals surface area (Å²) in [5, 5.41) is 0. The molecule has 0 spiro atoms. The average Bonchev–Trinajstić information content (AvgIpc) is 2.75. The van der Waals surface area contributed by atoms with Gasteiger partial charge in [-0.05, 0) is 45.4 Å². The van der Waals surface area contributed by atoms with Gasteiger partial charge in [0.25, 0.3) is 0 Å². The standard InChI is InChI=1S/C19H22BFO3/c1-18(2)19(3,4)24-20(23-18)15-11-10-13(12-17(15)22-5)14-8-6-7-9-16(14)21/h6-12H,1-5H3. The van der Waals surface area contributed by atoms with Crippen molar-refractivity contribution in [1.29, 1.82) is 0 Å². The Hall–Kier alpha value is -1.85. The first kappa shape index (κ1) is 17.0. The van der Waals surface area contributed by atoms with Gasteiger partial charge in [0.05, 0.1) is 18.3 Å². The number of methoxy groups -OCH3 is 1. The van der Waals surface area contributed by atoms with E-state index in [1.807, 2.05) is 52.0 Å². The smallest absolute Gasteiger partial charge is 0.497 e. The molecule has 3 rings (SSSR count). The minimum Gasteiger partial charge on any atom is -0.497 e. The lowest BCUT2D eigenvalue weighted by Gasteiger charge is -2.32. The van der Waals surface area contributed by atoms with E-state index < -0.39 is 18.3 Å². The largest absolute Gasteiger partial charge is 0.498 e. The number of hydrogen-bond donors (Lipinski definition) is 0. The van der Waals surface area contributed by atoms with Crippen molar-refractivity contribution in [2.24, 2.45) is 0 Å². The molecule has 0 aromatic heterocycles. The van der Waals surface area contributed by atoms with E-state index in [2.05, 4.69) is 0 Å². The zero-order valence-electron chi connectivity index (χ0n) is 14.7. The lowest BCUT2D eigenvalue weighted by atomic mass is 9.77. The quantitative estimate of drug-likeness (QED) is 0.802. The van der Waals surface area contributed by atoms with Gasteiger partial charge < -0.3 is 14.0 Å². The maximum Gasteiger partial charge on any atom is 0.498 e. The van der Waals surface area contributed by atoms with Crippen molar-refractivity contribution in [2.75, 3.05) is 7.11 Å². The number of benzene rings is 2. The topological polar surface area (TPSA) is 27.7 Å². The summed E-state index contributed by atoms with van der Waals surface area (Å²) in [5.41, 5.74) is 1.25. The Morgan fingerprint density at radius 2 is 1.58 bits per heavy atom. The fourth-order valence-electron chi connectivity index (χ4n) is 2.74. The third-order valence-corrected chi connectivity index (χ3v) is 4.93. The van der Waals surface area contributed by atoms with E-state index in [0.717, 1.165) is 11.0 Å². The zero-order chi connectivity index (χ0) is 17.5. The molecule has 2 aromatic rings. The lowest BCUT2D eigenvalue weighted by molar-refractivity contribution is 0.00578. The highest BCUT2D eigenvalue weighted by molar-refractivity contribution is 6.63. The maximum absolute atomic E-state index is 14.0. The minimum atomic E-state index is -0.514. The molecule has 0 bridgehead atoms. The third-order valence-electron chi connectivity index (χ3n) is 4.93. The summed E-state index contributed by atoms with van der Waals surface area (Å²) in [5.74, 6) is 0.359. The fraction of sp³-hybridized carbons (Fsp3) is 0.368. The van der Waals surface area contributed by atoms with Crippen molar-refractivity contribution >= 4 is 12.6 Å². The van der Waals surface area contributed by atoms with Crippen LogP contribution < -0.4 is 10.2 Å². The molecule has 0 saturated carbocycles. The lowest BCUT2D eigenvalue weighted by Crippen LogP contribution is -2.41. The van der Waals surface area contributed by atoms with Crippen LogP contribution >= 0.6 is 0 Å². The Bertz CT molecular complexity index is 742. The van der Waals surface area contributed by atoms with Crippen LogP contribution in [0.5, 0.6) is 5.75 Å². The van der Waals surface area contributed by atoms with Crippen LogP contribution in [-0.4, -0.2) is 25.4 Å². The molecular formula is C19H22BFO3. The Kier molecular flexibility index (Phi) is 4.18. The summed E-state index contributed by atoms with van der Waals surface area (Å²) >= 11 is 0. The van der Waals surface area contributed by atoms with E-state index in [-0.39, 0.29) is 5.82 Å². The van der Waals surface area contributed by atoms with Gasteiger partial charge in [-0.1, -0.05) is 30.3 Å². The van der Waals surface area contributed by atoms with Gasteiger partial charge in [-0.2, -0.15) is 0 Å². The third kappa shape index (κ3) is 2.83. The van der Waals surface area contributed by atoms with Gasteiger partial charge in [-0.25, -0.2) is 4.39 Å². The summed E-state index contributed by atoms with van der Waals surface area (Å²) in [6.45, 7) is 8.03. The highest BCUT2D eigenvalue weighted by atomic mass is 19.1. The van der Waals surface area contributed by atoms with E-state index in [9.17, 15) is 4.39 Å². The molecule has 1 aliphatic rings. The predicted octanol–water partition coefficient (Wildman–Crippen LogP) is 3.80. The van der Waals surface area contributed by atoms with Gasteiger partial charge in [0.2, 0.25) is 0 Å². The van der Waals surface area contributed by atoms with E-state index >= 15 is 0 Å². The molecule has 0 unspecified atom stereocenters. The Balaban J connectivity index is 1.99. The first-order valence-corrected chi connectivity index (χ1v) is 8.04. The van der Waals surface area contributed by atoms with Crippen molar-refractivity contribution in [3.8, 4) is 16.9 Å². The molecule has 5 heteroatoms. The first-order valence-electron chi connectivity index (χ1n) is 8.04. The molecular weight excluding hydrogens is 306 g/mol. The number of halogens is 1. The van der Waals surface area contributed by atoms with E-state index in [0.29, 0.717) is 11.3 Å². The summed E-state index contributed by atoms with van der Waals surface area (Å²) in [7, 11) is 1.08. The van der Waals surface area contributed by atoms with E-state index in [1.165, 1.54) is 6.07 Å². The van der Waals surface area contributed by atoms with Gasteiger partial charge in [0.1, 0.15) is 11.6 Å². The van der Waals surface area contributed by atoms with Crippen LogP contribution in [0.15, 0.2) is 42.5 Å². The van der Waals surface area contributed by atoms with Crippen molar-refractivity contribution in [2.45, 2.75) is 38.9 Å². The van der Waals surface area contributed by atoms with Crippen LogP contribution in [-0.2, 0) is 9.31 Å². The van der Waals surface area contributed by atoms with Crippen LogP contribution in [0.2, 0.25) is 0 Å². The summed E-state index contributed by atoms with van der Waals surface area (Å²) in [6.07, 6.45) is 0. The van der Waals surface area contributed by atoms with Gasteiger partial charge in [-0.15, -0.1) is 0 Å². The molecule has 126 valence electrons. The van der Waals surface area contributed by atoms with Crippen LogP contribution in [0.4, 0.5) is 4.39 Å². The van der Waals surface area contributed by atoms with Gasteiger partial charge in [-0.3, -0.25) is 0 Å². The molecule has 0 atom stereocenters. The molecule has 3 nitrogen and oxygen atoms in total. The Morgan fingerprint density at radius 3 is 2.17 bits per heavy atom. The first-order chi connectivity index (χ1) is 11.2. The second-order valence-corrected chi connectivity index (χ2v) is 7.02. The Labute approximate surface area is 142 Å². The molecule has 0 N–H and O–H groups in total. The fourth-order valence-corrected chi connectivity index (χ4v) is 2.74. The number of hydrogen-bond acceptors (Lipinski definition) is 3. The second-order valence-electron chi connectivity index (χ2n) is 7.02. The van der Waals surface area contributed by atoms with E-state index in [1.54, 1.807) is 19.2 Å². The van der Waals surface area contributed by atoms with Gasteiger partial charge in [0, 0.05) is 11.0 Å². The van der Waals surface area contributed by atoms with Gasteiger partial charge >= 0.3 is 7.12 Å². The molecule has 1 saturated heterocycles. The number of ether oxygens (including phenoxy) is 1. The molecule has 1 heterocycles.